The Labute approximate surface area is 85.6 Å². The number of thiophene rings is 1. The van der Waals surface area contributed by atoms with Gasteiger partial charge in [-0.25, -0.2) is 0 Å². The molecule has 1 aliphatic rings. The number of ether oxygens (including phenoxy) is 1. The van der Waals surface area contributed by atoms with E-state index < -0.39 is 0 Å². The lowest BCUT2D eigenvalue weighted by molar-refractivity contribution is 0.257. The molecule has 1 unspecified atom stereocenters. The second kappa shape index (κ2) is 2.83. The number of benzene rings is 1. The molecular formula is C11H9NOS. The highest BCUT2D eigenvalue weighted by Gasteiger charge is 2.14. The highest BCUT2D eigenvalue weighted by atomic mass is 32.1. The van der Waals surface area contributed by atoms with Crippen LogP contribution in [0.4, 0.5) is 0 Å². The second-order valence-electron chi connectivity index (χ2n) is 3.26. The molecule has 2 aromatic rings. The van der Waals surface area contributed by atoms with Crippen molar-refractivity contribution in [3.63, 3.8) is 0 Å². The van der Waals surface area contributed by atoms with Crippen molar-refractivity contribution in [2.45, 2.75) is 6.23 Å². The van der Waals surface area contributed by atoms with Crippen LogP contribution in [0.1, 0.15) is 5.56 Å². The Morgan fingerprint density at radius 3 is 3.14 bits per heavy atom. The molecule has 70 valence electrons. The summed E-state index contributed by atoms with van der Waals surface area (Å²) in [6.45, 7) is 0. The Hall–Kier alpha value is -1.32. The summed E-state index contributed by atoms with van der Waals surface area (Å²) in [6.07, 6.45) is 3.56. The van der Waals surface area contributed by atoms with E-state index >= 15 is 0 Å². The largest absolute Gasteiger partial charge is 0.471 e. The van der Waals surface area contributed by atoms with Crippen LogP contribution in [0.25, 0.3) is 16.2 Å². The Balaban J connectivity index is 2.34. The average molecular weight is 203 g/mol. The van der Waals surface area contributed by atoms with Crippen molar-refractivity contribution in [1.29, 1.82) is 0 Å². The molecule has 1 aromatic heterocycles. The molecule has 0 fully saturated rings. The maximum Gasteiger partial charge on any atom is 0.167 e. The van der Waals surface area contributed by atoms with Crippen LogP contribution in [0.3, 0.4) is 0 Å². The molecule has 0 aliphatic carbocycles. The number of hydrogen-bond donors (Lipinski definition) is 1. The molecule has 14 heavy (non-hydrogen) atoms. The molecule has 1 aromatic carbocycles. The molecule has 3 rings (SSSR count). The minimum absolute atomic E-state index is 0.312. The lowest BCUT2D eigenvalue weighted by Gasteiger charge is -2.18. The molecule has 0 saturated heterocycles. The summed E-state index contributed by atoms with van der Waals surface area (Å²) < 4.78 is 6.84. The zero-order valence-corrected chi connectivity index (χ0v) is 8.25. The second-order valence-corrected chi connectivity index (χ2v) is 4.21. The Morgan fingerprint density at radius 2 is 2.21 bits per heavy atom. The summed E-state index contributed by atoms with van der Waals surface area (Å²) in [5, 5.41) is 3.23. The minimum atomic E-state index is -0.312. The van der Waals surface area contributed by atoms with Crippen LogP contribution in [0.5, 0.6) is 5.75 Å². The topological polar surface area (TPSA) is 35.2 Å². The lowest BCUT2D eigenvalue weighted by atomic mass is 10.1. The molecule has 2 heterocycles. The van der Waals surface area contributed by atoms with E-state index in [0.29, 0.717) is 0 Å². The highest BCUT2D eigenvalue weighted by molar-refractivity contribution is 7.17. The quantitative estimate of drug-likeness (QED) is 0.714. The van der Waals surface area contributed by atoms with Crippen LogP contribution < -0.4 is 10.5 Å². The van der Waals surface area contributed by atoms with Crippen LogP contribution in [-0.4, -0.2) is 6.23 Å². The van der Waals surface area contributed by atoms with Crippen LogP contribution in [0, 0.1) is 0 Å². The van der Waals surface area contributed by atoms with Crippen molar-refractivity contribution in [3.05, 3.63) is 35.2 Å². The fourth-order valence-electron chi connectivity index (χ4n) is 1.67. The van der Waals surface area contributed by atoms with E-state index in [4.69, 9.17) is 10.5 Å². The van der Waals surface area contributed by atoms with Gasteiger partial charge < -0.3 is 4.74 Å². The third-order valence-corrected chi connectivity index (χ3v) is 3.22. The van der Waals surface area contributed by atoms with E-state index in [-0.39, 0.29) is 6.23 Å². The molecule has 1 aliphatic heterocycles. The van der Waals surface area contributed by atoms with Crippen molar-refractivity contribution >= 4 is 27.5 Å². The van der Waals surface area contributed by atoms with Gasteiger partial charge in [-0.05, 0) is 29.7 Å². The van der Waals surface area contributed by atoms with E-state index in [0.717, 1.165) is 16.7 Å². The molecule has 3 heteroatoms. The molecule has 2 N–H and O–H groups in total. The Kier molecular flexibility index (Phi) is 1.63. The Morgan fingerprint density at radius 1 is 1.29 bits per heavy atom. The van der Waals surface area contributed by atoms with Gasteiger partial charge in [0.15, 0.2) is 6.23 Å². The minimum Gasteiger partial charge on any atom is -0.471 e. The SMILES string of the molecule is NC1C=Cc2ccc3sccc3c2O1. The third-order valence-electron chi connectivity index (χ3n) is 2.34. The number of rotatable bonds is 0. The van der Waals surface area contributed by atoms with Crippen LogP contribution in [-0.2, 0) is 0 Å². The van der Waals surface area contributed by atoms with Gasteiger partial charge in [0.1, 0.15) is 5.75 Å². The normalized spacial score (nSPS) is 19.4. The van der Waals surface area contributed by atoms with Gasteiger partial charge in [0.05, 0.1) is 0 Å². The summed E-state index contributed by atoms with van der Waals surface area (Å²) in [6, 6.07) is 6.25. The first kappa shape index (κ1) is 8.03. The van der Waals surface area contributed by atoms with Gasteiger partial charge in [-0.1, -0.05) is 6.08 Å². The van der Waals surface area contributed by atoms with Gasteiger partial charge in [0.2, 0.25) is 0 Å². The maximum atomic E-state index is 5.70. The molecular weight excluding hydrogens is 194 g/mol. The monoisotopic (exact) mass is 203 g/mol. The Bertz CT molecular complexity index is 515. The summed E-state index contributed by atoms with van der Waals surface area (Å²) >= 11 is 1.72. The van der Waals surface area contributed by atoms with E-state index in [1.165, 1.54) is 4.70 Å². The first-order valence-electron chi connectivity index (χ1n) is 4.45. The van der Waals surface area contributed by atoms with Gasteiger partial charge in [-0.15, -0.1) is 11.3 Å². The standard InChI is InChI=1S/C11H9NOS/c12-10-4-2-7-1-3-9-8(5-6-14-9)11(7)13-10/h1-6,10H,12H2. The molecule has 0 spiro atoms. The zero-order chi connectivity index (χ0) is 9.54. The molecule has 0 radical (unpaired) electrons. The van der Waals surface area contributed by atoms with E-state index in [9.17, 15) is 0 Å². The average Bonchev–Trinajstić information content (AvgIpc) is 2.65. The van der Waals surface area contributed by atoms with Gasteiger partial charge in [0.25, 0.3) is 0 Å². The van der Waals surface area contributed by atoms with E-state index in [1.807, 2.05) is 12.2 Å². The zero-order valence-electron chi connectivity index (χ0n) is 7.44. The predicted octanol–water partition coefficient (Wildman–Crippen LogP) is 2.59. The fraction of sp³-hybridized carbons (Fsp3) is 0.0909. The fourth-order valence-corrected chi connectivity index (χ4v) is 2.46. The van der Waals surface area contributed by atoms with Crippen molar-refractivity contribution in [2.75, 3.05) is 0 Å². The van der Waals surface area contributed by atoms with Gasteiger partial charge in [0, 0.05) is 15.6 Å². The third kappa shape index (κ3) is 1.06. The van der Waals surface area contributed by atoms with E-state index in [1.54, 1.807) is 11.3 Å². The van der Waals surface area contributed by atoms with Gasteiger partial charge in [-0.3, -0.25) is 5.73 Å². The van der Waals surface area contributed by atoms with Gasteiger partial charge >= 0.3 is 0 Å². The molecule has 0 amide bonds. The van der Waals surface area contributed by atoms with Crippen LogP contribution in [0.15, 0.2) is 29.7 Å². The lowest BCUT2D eigenvalue weighted by Crippen LogP contribution is -2.26. The molecule has 2 nitrogen and oxygen atoms in total. The predicted molar refractivity (Wildman–Crippen MR) is 59.5 cm³/mol. The molecule has 1 atom stereocenters. The van der Waals surface area contributed by atoms with Crippen molar-refractivity contribution in [3.8, 4) is 5.75 Å². The molecule has 0 saturated carbocycles. The summed E-state index contributed by atoms with van der Waals surface area (Å²) in [5.41, 5.74) is 6.81. The summed E-state index contributed by atoms with van der Waals surface area (Å²) in [4.78, 5) is 0. The number of fused-ring (bicyclic) bond motifs is 3. The van der Waals surface area contributed by atoms with Crippen molar-refractivity contribution in [2.24, 2.45) is 5.73 Å². The molecule has 0 bridgehead atoms. The number of hydrogen-bond acceptors (Lipinski definition) is 3. The summed E-state index contributed by atoms with van der Waals surface area (Å²) in [7, 11) is 0. The highest BCUT2D eigenvalue weighted by Crippen LogP contribution is 2.35. The van der Waals surface area contributed by atoms with Crippen molar-refractivity contribution in [1.82, 2.24) is 0 Å². The smallest absolute Gasteiger partial charge is 0.167 e. The first-order chi connectivity index (χ1) is 6.84. The maximum absolute atomic E-state index is 5.70. The van der Waals surface area contributed by atoms with E-state index in [2.05, 4.69) is 23.6 Å². The van der Waals surface area contributed by atoms with Crippen LogP contribution in [0.2, 0.25) is 0 Å². The van der Waals surface area contributed by atoms with Gasteiger partial charge in [-0.2, -0.15) is 0 Å². The van der Waals surface area contributed by atoms with Crippen molar-refractivity contribution < 1.29 is 4.74 Å². The van der Waals surface area contributed by atoms with Crippen LogP contribution >= 0.6 is 11.3 Å². The first-order valence-corrected chi connectivity index (χ1v) is 5.33. The number of nitrogens with two attached hydrogens (primary N) is 1. The summed E-state index contributed by atoms with van der Waals surface area (Å²) in [5.74, 6) is 0.916.